The SMILES string of the molecule is C=CCSC(=O)N1C(C)CCC2CCCCC21. The molecule has 0 aromatic rings. The molecule has 0 N–H and O–H groups in total. The molecule has 0 aromatic heterocycles. The lowest BCUT2D eigenvalue weighted by Crippen LogP contribution is -2.52. The van der Waals surface area contributed by atoms with Gasteiger partial charge >= 0.3 is 0 Å². The Bertz CT molecular complexity index is 292. The summed E-state index contributed by atoms with van der Waals surface area (Å²) in [6.07, 6.45) is 9.52. The van der Waals surface area contributed by atoms with Crippen LogP contribution in [0.15, 0.2) is 12.7 Å². The van der Waals surface area contributed by atoms with Gasteiger partial charge in [0.1, 0.15) is 0 Å². The van der Waals surface area contributed by atoms with Gasteiger partial charge in [0.15, 0.2) is 0 Å². The molecule has 3 heteroatoms. The van der Waals surface area contributed by atoms with Crippen LogP contribution in [0.5, 0.6) is 0 Å². The van der Waals surface area contributed by atoms with Gasteiger partial charge in [-0.1, -0.05) is 30.7 Å². The number of carbonyl (C=O) groups is 1. The lowest BCUT2D eigenvalue weighted by Gasteiger charge is -2.47. The lowest BCUT2D eigenvalue weighted by molar-refractivity contribution is 0.0625. The number of rotatable bonds is 2. The van der Waals surface area contributed by atoms with E-state index >= 15 is 0 Å². The van der Waals surface area contributed by atoms with E-state index in [-0.39, 0.29) is 5.24 Å². The average Bonchev–Trinajstić information content (AvgIpc) is 2.35. The second-order valence-electron chi connectivity index (χ2n) is 5.31. The van der Waals surface area contributed by atoms with Gasteiger partial charge in [-0.2, -0.15) is 0 Å². The molecule has 2 nitrogen and oxygen atoms in total. The molecule has 0 bridgehead atoms. The summed E-state index contributed by atoms with van der Waals surface area (Å²) in [5.74, 6) is 1.51. The summed E-state index contributed by atoms with van der Waals surface area (Å²) in [6, 6.07) is 0.955. The predicted molar refractivity (Wildman–Crippen MR) is 74.3 cm³/mol. The summed E-state index contributed by atoms with van der Waals surface area (Å²) in [6.45, 7) is 5.89. The molecule has 0 aromatic carbocycles. The highest BCUT2D eigenvalue weighted by atomic mass is 32.2. The zero-order valence-corrected chi connectivity index (χ0v) is 11.5. The van der Waals surface area contributed by atoms with Crippen molar-refractivity contribution < 1.29 is 4.79 Å². The van der Waals surface area contributed by atoms with Gasteiger partial charge in [0.05, 0.1) is 0 Å². The minimum Gasteiger partial charge on any atom is -0.328 e. The molecule has 1 aliphatic heterocycles. The first kappa shape index (κ1) is 13.0. The number of hydrogen-bond acceptors (Lipinski definition) is 2. The van der Waals surface area contributed by atoms with Crippen molar-refractivity contribution in [3.8, 4) is 0 Å². The van der Waals surface area contributed by atoms with Crippen LogP contribution in [-0.2, 0) is 0 Å². The third kappa shape index (κ3) is 2.87. The molecule has 1 amide bonds. The fourth-order valence-corrected chi connectivity index (χ4v) is 4.06. The summed E-state index contributed by atoms with van der Waals surface area (Å²) in [5.41, 5.74) is 0. The van der Waals surface area contributed by atoms with E-state index in [1.54, 1.807) is 0 Å². The van der Waals surface area contributed by atoms with Gasteiger partial charge < -0.3 is 4.90 Å². The average molecular weight is 253 g/mol. The van der Waals surface area contributed by atoms with E-state index in [9.17, 15) is 4.79 Å². The van der Waals surface area contributed by atoms with Crippen LogP contribution in [0.3, 0.4) is 0 Å². The van der Waals surface area contributed by atoms with Crippen LogP contribution < -0.4 is 0 Å². The molecular formula is C14H23NOS. The van der Waals surface area contributed by atoms with Gasteiger partial charge in [0.25, 0.3) is 5.24 Å². The molecule has 3 atom stereocenters. The topological polar surface area (TPSA) is 20.3 Å². The van der Waals surface area contributed by atoms with Gasteiger partial charge in [-0.15, -0.1) is 6.58 Å². The van der Waals surface area contributed by atoms with Crippen LogP contribution in [0.1, 0.15) is 45.4 Å². The minimum atomic E-state index is 0.272. The largest absolute Gasteiger partial charge is 0.328 e. The maximum atomic E-state index is 12.3. The van der Waals surface area contributed by atoms with E-state index in [1.807, 2.05) is 6.08 Å². The Labute approximate surface area is 109 Å². The first-order valence-corrected chi connectivity index (χ1v) is 7.78. The van der Waals surface area contributed by atoms with Crippen LogP contribution in [0.25, 0.3) is 0 Å². The van der Waals surface area contributed by atoms with Gasteiger partial charge in [0, 0.05) is 17.8 Å². The van der Waals surface area contributed by atoms with Crippen molar-refractivity contribution in [2.24, 2.45) is 5.92 Å². The van der Waals surface area contributed by atoms with E-state index in [2.05, 4.69) is 18.4 Å². The van der Waals surface area contributed by atoms with Gasteiger partial charge in [-0.05, 0) is 38.5 Å². The molecule has 1 saturated heterocycles. The molecule has 1 saturated carbocycles. The first-order valence-electron chi connectivity index (χ1n) is 6.80. The molecule has 96 valence electrons. The quantitative estimate of drug-likeness (QED) is 0.691. The molecule has 2 rings (SSSR count). The number of amides is 1. The first-order chi connectivity index (χ1) is 8.24. The van der Waals surface area contributed by atoms with Gasteiger partial charge in [-0.3, -0.25) is 4.79 Å². The third-order valence-corrected chi connectivity index (χ3v) is 5.05. The summed E-state index contributed by atoms with van der Waals surface area (Å²) < 4.78 is 0. The molecule has 3 unspecified atom stereocenters. The molecule has 17 heavy (non-hydrogen) atoms. The number of thioether (sulfide) groups is 1. The molecular weight excluding hydrogens is 230 g/mol. The van der Waals surface area contributed by atoms with Crippen LogP contribution in [-0.4, -0.2) is 28.0 Å². The maximum absolute atomic E-state index is 12.3. The standard InChI is InChI=1S/C14H23NOS/c1-3-10-17-14(16)15-11(2)8-9-12-6-4-5-7-13(12)15/h3,11-13H,1,4-10H2,2H3. The molecule has 2 aliphatic rings. The van der Waals surface area contributed by atoms with Crippen molar-refractivity contribution in [3.63, 3.8) is 0 Å². The summed E-state index contributed by atoms with van der Waals surface area (Å²) >= 11 is 1.41. The highest BCUT2D eigenvalue weighted by Gasteiger charge is 2.38. The van der Waals surface area contributed by atoms with Gasteiger partial charge in [0.2, 0.25) is 0 Å². The smallest absolute Gasteiger partial charge is 0.282 e. The normalized spacial score (nSPS) is 33.0. The number of likely N-dealkylation sites (tertiary alicyclic amines) is 1. The van der Waals surface area contributed by atoms with Crippen molar-refractivity contribution >= 4 is 17.0 Å². The zero-order valence-electron chi connectivity index (χ0n) is 10.7. The summed E-state index contributed by atoms with van der Waals surface area (Å²) in [5, 5.41) is 0.272. The Kier molecular flexibility index (Phi) is 4.55. The minimum absolute atomic E-state index is 0.272. The van der Waals surface area contributed by atoms with Crippen molar-refractivity contribution in [3.05, 3.63) is 12.7 Å². The number of hydrogen-bond donors (Lipinski definition) is 0. The van der Waals surface area contributed by atoms with E-state index < -0.39 is 0 Å². The third-order valence-electron chi connectivity index (χ3n) is 4.19. The maximum Gasteiger partial charge on any atom is 0.282 e. The second kappa shape index (κ2) is 5.94. The highest BCUT2D eigenvalue weighted by molar-refractivity contribution is 8.13. The Balaban J connectivity index is 2.04. The van der Waals surface area contributed by atoms with Crippen LogP contribution in [0.4, 0.5) is 4.79 Å². The van der Waals surface area contributed by atoms with Crippen LogP contribution in [0, 0.1) is 5.92 Å². The summed E-state index contributed by atoms with van der Waals surface area (Å²) in [7, 11) is 0. The van der Waals surface area contributed by atoms with E-state index in [0.717, 1.165) is 11.7 Å². The number of piperidine rings is 1. The van der Waals surface area contributed by atoms with Crippen LogP contribution in [0.2, 0.25) is 0 Å². The highest BCUT2D eigenvalue weighted by Crippen LogP contribution is 2.39. The van der Waals surface area contributed by atoms with Crippen molar-refractivity contribution in [2.45, 2.75) is 57.5 Å². The molecule has 1 heterocycles. The second-order valence-corrected chi connectivity index (χ2v) is 6.28. The molecule has 1 aliphatic carbocycles. The van der Waals surface area contributed by atoms with E-state index in [1.165, 1.54) is 50.3 Å². The Hall–Kier alpha value is -0.440. The molecule has 0 spiro atoms. The summed E-state index contributed by atoms with van der Waals surface area (Å²) in [4.78, 5) is 14.4. The lowest BCUT2D eigenvalue weighted by atomic mass is 9.77. The fourth-order valence-electron chi connectivity index (χ4n) is 3.33. The zero-order chi connectivity index (χ0) is 12.3. The number of nitrogens with zero attached hydrogens (tertiary/aromatic N) is 1. The van der Waals surface area contributed by atoms with Crippen molar-refractivity contribution in [1.29, 1.82) is 0 Å². The van der Waals surface area contributed by atoms with Crippen molar-refractivity contribution in [2.75, 3.05) is 5.75 Å². The Morgan fingerprint density at radius 1 is 1.35 bits per heavy atom. The van der Waals surface area contributed by atoms with Crippen LogP contribution >= 0.6 is 11.8 Å². The Morgan fingerprint density at radius 2 is 2.12 bits per heavy atom. The Morgan fingerprint density at radius 3 is 2.88 bits per heavy atom. The van der Waals surface area contributed by atoms with Crippen molar-refractivity contribution in [1.82, 2.24) is 4.90 Å². The van der Waals surface area contributed by atoms with E-state index in [4.69, 9.17) is 0 Å². The monoisotopic (exact) mass is 253 g/mol. The predicted octanol–water partition coefficient (Wildman–Crippen LogP) is 4.07. The number of fused-ring (bicyclic) bond motifs is 1. The van der Waals surface area contributed by atoms with Gasteiger partial charge in [-0.25, -0.2) is 0 Å². The molecule has 0 radical (unpaired) electrons. The fraction of sp³-hybridized carbons (Fsp3) is 0.786. The number of carbonyl (C=O) groups excluding carboxylic acids is 1. The van der Waals surface area contributed by atoms with E-state index in [0.29, 0.717) is 12.1 Å². The molecule has 2 fully saturated rings.